The highest BCUT2D eigenvalue weighted by molar-refractivity contribution is 4.92. The molecule has 0 unspecified atom stereocenters. The summed E-state index contributed by atoms with van der Waals surface area (Å²) in [5.74, 6) is 0. The summed E-state index contributed by atoms with van der Waals surface area (Å²) >= 11 is 0. The van der Waals surface area contributed by atoms with Gasteiger partial charge in [0.1, 0.15) is 0 Å². The maximum absolute atomic E-state index is 6.02. The zero-order chi connectivity index (χ0) is 11.3. The summed E-state index contributed by atoms with van der Waals surface area (Å²) in [6, 6.07) is 0. The predicted molar refractivity (Wildman–Crippen MR) is 69.4 cm³/mol. The molecule has 0 radical (unpaired) electrons. The second-order valence-electron chi connectivity index (χ2n) is 5.58. The Morgan fingerprint density at radius 3 is 2.56 bits per heavy atom. The summed E-state index contributed by atoms with van der Waals surface area (Å²) in [6.07, 6.45) is 14.1. The molecule has 0 spiro atoms. The second kappa shape index (κ2) is 5.83. The molecule has 92 valence electrons. The summed E-state index contributed by atoms with van der Waals surface area (Å²) in [7, 11) is 0. The molecule has 2 nitrogen and oxygen atoms in total. The molecule has 0 aromatic rings. The van der Waals surface area contributed by atoms with Crippen molar-refractivity contribution in [1.29, 1.82) is 0 Å². The van der Waals surface area contributed by atoms with E-state index in [-0.39, 0.29) is 0 Å². The summed E-state index contributed by atoms with van der Waals surface area (Å²) in [6.45, 7) is 4.55. The maximum Gasteiger partial charge on any atom is 0.0163 e. The molecule has 0 aromatic heterocycles. The minimum Gasteiger partial charge on any atom is -0.330 e. The lowest BCUT2D eigenvalue weighted by molar-refractivity contribution is 0.150. The Kier molecular flexibility index (Phi) is 4.42. The van der Waals surface area contributed by atoms with Crippen molar-refractivity contribution in [2.75, 3.05) is 26.2 Å². The van der Waals surface area contributed by atoms with Crippen molar-refractivity contribution in [3.63, 3.8) is 0 Å². The molecule has 2 rings (SSSR count). The third-order valence-corrected chi connectivity index (χ3v) is 4.45. The van der Waals surface area contributed by atoms with Gasteiger partial charge in [-0.2, -0.15) is 0 Å². The molecule has 0 bridgehead atoms. The third-order valence-electron chi connectivity index (χ3n) is 4.45. The average Bonchev–Trinajstić information content (AvgIpc) is 2.39. The lowest BCUT2D eigenvalue weighted by Crippen LogP contribution is -2.38. The van der Waals surface area contributed by atoms with Gasteiger partial charge in [-0.3, -0.25) is 4.90 Å². The SMILES string of the molecule is NCC1(CCN2CC=CCC2)CCCCC1. The zero-order valence-electron chi connectivity index (χ0n) is 10.5. The van der Waals surface area contributed by atoms with Crippen molar-refractivity contribution in [3.8, 4) is 0 Å². The van der Waals surface area contributed by atoms with E-state index < -0.39 is 0 Å². The summed E-state index contributed by atoms with van der Waals surface area (Å²) in [4.78, 5) is 2.58. The molecule has 1 aliphatic carbocycles. The van der Waals surface area contributed by atoms with Gasteiger partial charge in [-0.1, -0.05) is 31.4 Å². The first kappa shape index (κ1) is 12.1. The molecular weight excluding hydrogens is 196 g/mol. The van der Waals surface area contributed by atoms with Gasteiger partial charge in [0.25, 0.3) is 0 Å². The Bertz CT molecular complexity index is 229. The molecule has 1 fully saturated rings. The van der Waals surface area contributed by atoms with Crippen LogP contribution in [-0.4, -0.2) is 31.1 Å². The van der Waals surface area contributed by atoms with Gasteiger partial charge in [-0.25, -0.2) is 0 Å². The van der Waals surface area contributed by atoms with Crippen LogP contribution in [0.3, 0.4) is 0 Å². The molecule has 2 heteroatoms. The van der Waals surface area contributed by atoms with Crippen molar-refractivity contribution in [1.82, 2.24) is 4.90 Å². The standard InChI is InChI=1S/C14H26N2/c15-13-14(7-3-1-4-8-14)9-12-16-10-5-2-6-11-16/h2,5H,1,3-4,6-13,15H2. The molecule has 1 aliphatic heterocycles. The fourth-order valence-corrected chi connectivity index (χ4v) is 3.15. The molecule has 0 aromatic carbocycles. The van der Waals surface area contributed by atoms with Crippen molar-refractivity contribution < 1.29 is 0 Å². The van der Waals surface area contributed by atoms with E-state index in [0.29, 0.717) is 5.41 Å². The van der Waals surface area contributed by atoms with Gasteiger partial charge in [0.05, 0.1) is 0 Å². The van der Waals surface area contributed by atoms with Crippen LogP contribution in [0.4, 0.5) is 0 Å². The van der Waals surface area contributed by atoms with Gasteiger partial charge in [0.15, 0.2) is 0 Å². The van der Waals surface area contributed by atoms with Crippen molar-refractivity contribution >= 4 is 0 Å². The minimum atomic E-state index is 0.486. The molecular formula is C14H26N2. The largest absolute Gasteiger partial charge is 0.330 e. The highest BCUT2D eigenvalue weighted by Gasteiger charge is 2.30. The summed E-state index contributed by atoms with van der Waals surface area (Å²) < 4.78 is 0. The van der Waals surface area contributed by atoms with Crippen LogP contribution < -0.4 is 5.73 Å². The molecule has 0 amide bonds. The predicted octanol–water partition coefficient (Wildman–Crippen LogP) is 2.55. The van der Waals surface area contributed by atoms with Gasteiger partial charge in [0, 0.05) is 13.1 Å². The lowest BCUT2D eigenvalue weighted by atomic mass is 9.72. The Morgan fingerprint density at radius 2 is 1.94 bits per heavy atom. The molecule has 1 saturated carbocycles. The van der Waals surface area contributed by atoms with E-state index in [1.165, 1.54) is 58.0 Å². The van der Waals surface area contributed by atoms with Crippen LogP contribution in [0.2, 0.25) is 0 Å². The maximum atomic E-state index is 6.02. The molecule has 2 aliphatic rings. The Hall–Kier alpha value is -0.340. The average molecular weight is 222 g/mol. The van der Waals surface area contributed by atoms with Crippen LogP contribution in [0.25, 0.3) is 0 Å². The van der Waals surface area contributed by atoms with Gasteiger partial charge in [-0.15, -0.1) is 0 Å². The number of rotatable bonds is 4. The number of nitrogens with zero attached hydrogens (tertiary/aromatic N) is 1. The van der Waals surface area contributed by atoms with Crippen molar-refractivity contribution in [2.24, 2.45) is 11.1 Å². The van der Waals surface area contributed by atoms with E-state index in [2.05, 4.69) is 17.1 Å². The highest BCUT2D eigenvalue weighted by Crippen LogP contribution is 2.38. The third kappa shape index (κ3) is 3.08. The number of hydrogen-bond acceptors (Lipinski definition) is 2. The van der Waals surface area contributed by atoms with Gasteiger partial charge in [0.2, 0.25) is 0 Å². The summed E-state index contributed by atoms with van der Waals surface area (Å²) in [5, 5.41) is 0. The Balaban J connectivity index is 1.79. The van der Waals surface area contributed by atoms with Crippen LogP contribution in [0.15, 0.2) is 12.2 Å². The second-order valence-corrected chi connectivity index (χ2v) is 5.58. The monoisotopic (exact) mass is 222 g/mol. The van der Waals surface area contributed by atoms with Crippen LogP contribution >= 0.6 is 0 Å². The lowest BCUT2D eigenvalue weighted by Gasteiger charge is -2.38. The van der Waals surface area contributed by atoms with E-state index in [1.807, 2.05) is 0 Å². The van der Waals surface area contributed by atoms with Gasteiger partial charge >= 0.3 is 0 Å². The Morgan fingerprint density at radius 1 is 1.12 bits per heavy atom. The minimum absolute atomic E-state index is 0.486. The van der Waals surface area contributed by atoms with E-state index >= 15 is 0 Å². The number of nitrogens with two attached hydrogens (primary N) is 1. The molecule has 16 heavy (non-hydrogen) atoms. The van der Waals surface area contributed by atoms with E-state index in [9.17, 15) is 0 Å². The van der Waals surface area contributed by atoms with Crippen LogP contribution in [0.1, 0.15) is 44.9 Å². The van der Waals surface area contributed by atoms with E-state index in [4.69, 9.17) is 5.73 Å². The van der Waals surface area contributed by atoms with Gasteiger partial charge < -0.3 is 5.73 Å². The van der Waals surface area contributed by atoms with Crippen LogP contribution in [-0.2, 0) is 0 Å². The van der Waals surface area contributed by atoms with Crippen molar-refractivity contribution in [2.45, 2.75) is 44.9 Å². The number of hydrogen-bond donors (Lipinski definition) is 1. The first-order chi connectivity index (χ1) is 7.85. The van der Waals surface area contributed by atoms with E-state index in [0.717, 1.165) is 13.1 Å². The molecule has 0 saturated heterocycles. The Labute approximate surface area is 99.9 Å². The quantitative estimate of drug-likeness (QED) is 0.741. The first-order valence-corrected chi connectivity index (χ1v) is 6.92. The smallest absolute Gasteiger partial charge is 0.0163 e. The van der Waals surface area contributed by atoms with Crippen molar-refractivity contribution in [3.05, 3.63) is 12.2 Å². The summed E-state index contributed by atoms with van der Waals surface area (Å²) in [5.41, 5.74) is 6.51. The molecule has 0 atom stereocenters. The highest BCUT2D eigenvalue weighted by atomic mass is 15.1. The normalized spacial score (nSPS) is 25.8. The molecule has 1 heterocycles. The van der Waals surface area contributed by atoms with E-state index in [1.54, 1.807) is 0 Å². The first-order valence-electron chi connectivity index (χ1n) is 6.92. The fourth-order valence-electron chi connectivity index (χ4n) is 3.15. The van der Waals surface area contributed by atoms with Gasteiger partial charge in [-0.05, 0) is 44.2 Å². The topological polar surface area (TPSA) is 29.3 Å². The molecule has 2 N–H and O–H groups in total. The van der Waals surface area contributed by atoms with Crippen LogP contribution in [0.5, 0.6) is 0 Å². The van der Waals surface area contributed by atoms with Crippen LogP contribution in [0, 0.1) is 5.41 Å². The fraction of sp³-hybridized carbons (Fsp3) is 0.857. The zero-order valence-corrected chi connectivity index (χ0v) is 10.5.